The SMILES string of the molecule is N#Cc1cc(Cl)c(Oc2ncc(C(F)(F)F)cc2Cl)c(Cl)c1. The zero-order valence-corrected chi connectivity index (χ0v) is 12.6. The molecular weight excluding hydrogens is 364 g/mol. The van der Waals surface area contributed by atoms with Crippen LogP contribution in [0.15, 0.2) is 24.4 Å². The molecule has 0 aliphatic carbocycles. The van der Waals surface area contributed by atoms with Crippen LogP contribution in [0.4, 0.5) is 13.2 Å². The maximum absolute atomic E-state index is 12.5. The molecule has 0 bridgehead atoms. The minimum Gasteiger partial charge on any atom is -0.434 e. The lowest BCUT2D eigenvalue weighted by Crippen LogP contribution is -2.05. The van der Waals surface area contributed by atoms with Crippen molar-refractivity contribution in [2.45, 2.75) is 6.18 Å². The first-order valence-corrected chi connectivity index (χ1v) is 6.65. The van der Waals surface area contributed by atoms with Crippen LogP contribution in [-0.4, -0.2) is 4.98 Å². The molecule has 0 fully saturated rings. The molecule has 2 aromatic rings. The molecule has 3 nitrogen and oxygen atoms in total. The second-order valence-corrected chi connectivity index (χ2v) is 5.21. The van der Waals surface area contributed by atoms with Gasteiger partial charge in [0.05, 0.1) is 27.2 Å². The average molecular weight is 368 g/mol. The maximum Gasteiger partial charge on any atom is 0.417 e. The predicted molar refractivity (Wildman–Crippen MR) is 75.5 cm³/mol. The van der Waals surface area contributed by atoms with E-state index in [0.29, 0.717) is 12.3 Å². The second-order valence-electron chi connectivity index (χ2n) is 3.99. The van der Waals surface area contributed by atoms with Gasteiger partial charge in [-0.25, -0.2) is 4.98 Å². The van der Waals surface area contributed by atoms with E-state index in [9.17, 15) is 13.2 Å². The third-order valence-corrected chi connectivity index (χ3v) is 3.29. The van der Waals surface area contributed by atoms with E-state index in [2.05, 4.69) is 4.98 Å². The van der Waals surface area contributed by atoms with E-state index < -0.39 is 11.7 Å². The summed E-state index contributed by atoms with van der Waals surface area (Å²) in [5.74, 6) is -0.348. The first kappa shape index (κ1) is 16.7. The van der Waals surface area contributed by atoms with Crippen LogP contribution in [0.5, 0.6) is 11.6 Å². The fraction of sp³-hybridized carbons (Fsp3) is 0.0769. The number of nitriles is 1. The summed E-state index contributed by atoms with van der Waals surface area (Å²) in [6.07, 6.45) is -3.99. The van der Waals surface area contributed by atoms with Crippen LogP contribution in [0.3, 0.4) is 0 Å². The number of ether oxygens (including phenoxy) is 1. The monoisotopic (exact) mass is 366 g/mol. The number of rotatable bonds is 2. The molecule has 2 rings (SSSR count). The average Bonchev–Trinajstić information content (AvgIpc) is 2.42. The Bertz CT molecular complexity index is 749. The van der Waals surface area contributed by atoms with Gasteiger partial charge in [0, 0.05) is 6.20 Å². The molecule has 0 radical (unpaired) electrons. The highest BCUT2D eigenvalue weighted by Crippen LogP contribution is 2.40. The molecule has 0 unspecified atom stereocenters. The van der Waals surface area contributed by atoms with Gasteiger partial charge in [-0.05, 0) is 18.2 Å². The summed E-state index contributed by atoms with van der Waals surface area (Å²) in [4.78, 5) is 3.51. The van der Waals surface area contributed by atoms with E-state index in [1.54, 1.807) is 0 Å². The molecule has 0 spiro atoms. The van der Waals surface area contributed by atoms with Crippen molar-refractivity contribution in [1.29, 1.82) is 5.26 Å². The van der Waals surface area contributed by atoms with E-state index in [1.165, 1.54) is 12.1 Å². The van der Waals surface area contributed by atoms with Crippen molar-refractivity contribution in [3.8, 4) is 17.7 Å². The number of halogens is 6. The Balaban J connectivity index is 2.39. The fourth-order valence-corrected chi connectivity index (χ4v) is 2.24. The fourth-order valence-electron chi connectivity index (χ4n) is 1.47. The number of nitrogens with zero attached hydrogens (tertiary/aromatic N) is 2. The number of hydrogen-bond donors (Lipinski definition) is 0. The summed E-state index contributed by atoms with van der Waals surface area (Å²) in [6.45, 7) is 0. The van der Waals surface area contributed by atoms with Crippen molar-refractivity contribution in [2.75, 3.05) is 0 Å². The Morgan fingerprint density at radius 3 is 2.09 bits per heavy atom. The summed E-state index contributed by atoms with van der Waals surface area (Å²) in [7, 11) is 0. The largest absolute Gasteiger partial charge is 0.434 e. The van der Waals surface area contributed by atoms with Gasteiger partial charge in [0.1, 0.15) is 5.02 Å². The zero-order valence-electron chi connectivity index (χ0n) is 10.4. The maximum atomic E-state index is 12.5. The normalized spacial score (nSPS) is 11.1. The molecule has 22 heavy (non-hydrogen) atoms. The van der Waals surface area contributed by atoms with Crippen LogP contribution < -0.4 is 4.74 Å². The number of hydrogen-bond acceptors (Lipinski definition) is 3. The lowest BCUT2D eigenvalue weighted by molar-refractivity contribution is -0.137. The number of benzene rings is 1. The quantitative estimate of drug-likeness (QED) is 0.681. The minimum absolute atomic E-state index is 0.00168. The van der Waals surface area contributed by atoms with E-state index in [1.807, 2.05) is 6.07 Å². The second kappa shape index (κ2) is 6.21. The number of alkyl halides is 3. The topological polar surface area (TPSA) is 45.9 Å². The van der Waals surface area contributed by atoms with Crippen molar-refractivity contribution >= 4 is 34.8 Å². The van der Waals surface area contributed by atoms with Crippen LogP contribution in [0.2, 0.25) is 15.1 Å². The lowest BCUT2D eigenvalue weighted by Gasteiger charge is -2.12. The number of pyridine rings is 1. The zero-order chi connectivity index (χ0) is 16.5. The molecule has 0 N–H and O–H groups in total. The third-order valence-electron chi connectivity index (χ3n) is 2.46. The number of aromatic nitrogens is 1. The molecule has 9 heteroatoms. The molecule has 114 valence electrons. The Hall–Kier alpha value is -1.68. The van der Waals surface area contributed by atoms with Crippen LogP contribution in [0.25, 0.3) is 0 Å². The Morgan fingerprint density at radius 1 is 1.05 bits per heavy atom. The van der Waals surface area contributed by atoms with Crippen molar-refractivity contribution < 1.29 is 17.9 Å². The van der Waals surface area contributed by atoms with Crippen LogP contribution in [0.1, 0.15) is 11.1 Å². The molecule has 0 saturated carbocycles. The van der Waals surface area contributed by atoms with E-state index in [0.717, 1.165) is 0 Å². The first-order chi connectivity index (χ1) is 10.2. The smallest absolute Gasteiger partial charge is 0.417 e. The molecule has 1 aromatic carbocycles. The van der Waals surface area contributed by atoms with Gasteiger partial charge in [0.15, 0.2) is 5.75 Å². The third kappa shape index (κ3) is 3.55. The van der Waals surface area contributed by atoms with E-state index in [4.69, 9.17) is 44.8 Å². The Kier molecular flexibility index (Phi) is 4.71. The first-order valence-electron chi connectivity index (χ1n) is 5.52. The van der Waals surface area contributed by atoms with Crippen molar-refractivity contribution in [3.63, 3.8) is 0 Å². The van der Waals surface area contributed by atoms with Crippen LogP contribution in [-0.2, 0) is 6.18 Å². The van der Waals surface area contributed by atoms with Crippen molar-refractivity contribution in [3.05, 3.63) is 50.6 Å². The molecule has 1 aromatic heterocycles. The van der Waals surface area contributed by atoms with Gasteiger partial charge in [-0.2, -0.15) is 18.4 Å². The van der Waals surface area contributed by atoms with Gasteiger partial charge in [0.2, 0.25) is 5.88 Å². The Morgan fingerprint density at radius 2 is 1.64 bits per heavy atom. The molecule has 0 atom stereocenters. The lowest BCUT2D eigenvalue weighted by atomic mass is 10.2. The summed E-state index contributed by atoms with van der Waals surface area (Å²) >= 11 is 17.5. The van der Waals surface area contributed by atoms with Crippen LogP contribution >= 0.6 is 34.8 Å². The Labute approximate surface area is 137 Å². The molecule has 0 saturated heterocycles. The van der Waals surface area contributed by atoms with Crippen molar-refractivity contribution in [1.82, 2.24) is 4.98 Å². The van der Waals surface area contributed by atoms with E-state index >= 15 is 0 Å². The summed E-state index contributed by atoms with van der Waals surface area (Å²) in [5, 5.41) is 8.42. The van der Waals surface area contributed by atoms with Gasteiger partial charge < -0.3 is 4.74 Å². The highest BCUT2D eigenvalue weighted by atomic mass is 35.5. The standard InChI is InChI=1S/C13H4Cl3F3N2O/c14-8-1-6(4-20)2-9(15)11(8)22-12-10(16)3-7(5-21-12)13(17,18)19/h1-3,5H. The van der Waals surface area contributed by atoms with Gasteiger partial charge in [-0.15, -0.1) is 0 Å². The summed E-state index contributed by atoms with van der Waals surface area (Å²) < 4.78 is 42.8. The highest BCUT2D eigenvalue weighted by Gasteiger charge is 2.32. The minimum atomic E-state index is -4.57. The van der Waals surface area contributed by atoms with Gasteiger partial charge in [0.25, 0.3) is 0 Å². The molecular formula is C13H4Cl3F3N2O. The molecule has 0 aliphatic rings. The molecule has 0 aliphatic heterocycles. The predicted octanol–water partition coefficient (Wildman–Crippen LogP) is 5.72. The molecule has 1 heterocycles. The molecule has 0 amide bonds. The van der Waals surface area contributed by atoms with Gasteiger partial charge >= 0.3 is 6.18 Å². The van der Waals surface area contributed by atoms with Crippen LogP contribution in [0, 0.1) is 11.3 Å². The van der Waals surface area contributed by atoms with Crippen molar-refractivity contribution in [2.24, 2.45) is 0 Å². The highest BCUT2D eigenvalue weighted by molar-refractivity contribution is 6.37. The van der Waals surface area contributed by atoms with Gasteiger partial charge in [-0.3, -0.25) is 0 Å². The van der Waals surface area contributed by atoms with Gasteiger partial charge in [-0.1, -0.05) is 34.8 Å². The van der Waals surface area contributed by atoms with E-state index in [-0.39, 0.29) is 32.3 Å². The summed E-state index contributed by atoms with van der Waals surface area (Å²) in [5.41, 5.74) is -0.810. The summed E-state index contributed by atoms with van der Waals surface area (Å²) in [6, 6.07) is 5.10.